The van der Waals surface area contributed by atoms with Crippen molar-refractivity contribution in [2.45, 2.75) is 102 Å². The minimum absolute atomic E-state index is 0.0221. The van der Waals surface area contributed by atoms with E-state index in [1.54, 1.807) is 26.4 Å². The molecule has 5 atom stereocenters. The smallest absolute Gasteiger partial charge is 0.270 e. The van der Waals surface area contributed by atoms with Gasteiger partial charge in [0.1, 0.15) is 41.7 Å². The number of fused-ring (bicyclic) bond motifs is 2. The number of anilines is 1. The Morgan fingerprint density at radius 2 is 1.43 bits per heavy atom. The molecule has 80 heavy (non-hydrogen) atoms. The highest BCUT2D eigenvalue weighted by Crippen LogP contribution is 2.53. The minimum atomic E-state index is -2.15. The first-order chi connectivity index (χ1) is 38.4. The molecule has 0 radical (unpaired) electrons. The molecule has 7 aromatic rings. The van der Waals surface area contributed by atoms with Crippen LogP contribution in [0.3, 0.4) is 0 Å². The van der Waals surface area contributed by atoms with Crippen LogP contribution in [0.4, 0.5) is 11.5 Å². The van der Waals surface area contributed by atoms with E-state index in [-0.39, 0.29) is 65.2 Å². The monoisotopic (exact) mass is 1100 g/mol. The molecule has 1 N–H and O–H groups in total. The Balaban J connectivity index is 1.23. The Bertz CT molecular complexity index is 3370. The van der Waals surface area contributed by atoms with Crippen LogP contribution in [0.1, 0.15) is 114 Å². The van der Waals surface area contributed by atoms with Crippen LogP contribution in [0, 0.1) is 21.4 Å². The molecule has 414 valence electrons. The number of nitriles is 1. The zero-order valence-corrected chi connectivity index (χ0v) is 46.7. The second-order valence-electron chi connectivity index (χ2n) is 20.8. The van der Waals surface area contributed by atoms with Gasteiger partial charge in [-0.3, -0.25) is 34.0 Å². The van der Waals surface area contributed by atoms with Gasteiger partial charge in [-0.1, -0.05) is 87.5 Å². The first-order valence-electron chi connectivity index (χ1n) is 26.0. The average Bonchev–Trinajstić information content (AvgIpc) is 4.11. The maximum atomic E-state index is 15.2. The summed E-state index contributed by atoms with van der Waals surface area (Å²) in [6.45, 7) is 13.8. The summed E-state index contributed by atoms with van der Waals surface area (Å²) in [6.07, 6.45) is -1.20. The molecule has 20 nitrogen and oxygen atoms in total. The highest BCUT2D eigenvalue weighted by Gasteiger charge is 2.57. The number of aromatic nitrogens is 4. The maximum Gasteiger partial charge on any atom is 0.270 e. The number of hydrogen-bond donors (Lipinski definition) is 1. The third kappa shape index (κ3) is 11.1. The summed E-state index contributed by atoms with van der Waals surface area (Å²) in [7, 11) is 1.01. The van der Waals surface area contributed by atoms with E-state index < -0.39 is 66.9 Å². The second kappa shape index (κ2) is 23.7. The zero-order chi connectivity index (χ0) is 57.0. The number of nitrogens with one attached hydrogen (secondary N) is 1. The largest absolute Gasteiger partial charge is 0.497 e. The predicted molar refractivity (Wildman–Crippen MR) is 298 cm³/mol. The lowest BCUT2D eigenvalue weighted by atomic mass is 9.80. The first kappa shape index (κ1) is 56.7. The number of benzene rings is 5. The number of imidazole rings is 1. The summed E-state index contributed by atoms with van der Waals surface area (Å²) in [4.78, 5) is 70.5. The molecule has 0 spiro atoms. The molecule has 5 aromatic carbocycles. The minimum Gasteiger partial charge on any atom is -0.497 e. The fourth-order valence-corrected chi connectivity index (χ4v) is 12.0. The van der Waals surface area contributed by atoms with Gasteiger partial charge in [0.2, 0.25) is 0 Å². The van der Waals surface area contributed by atoms with Gasteiger partial charge in [-0.2, -0.15) is 5.26 Å². The number of carbonyl (C=O) groups is 3. The van der Waals surface area contributed by atoms with Crippen LogP contribution in [-0.4, -0.2) is 110 Å². The number of hydrogen-bond acceptors (Lipinski definition) is 16. The van der Waals surface area contributed by atoms with E-state index in [9.17, 15) is 20.2 Å². The topological polar surface area (TPSA) is 236 Å². The van der Waals surface area contributed by atoms with Gasteiger partial charge in [-0.25, -0.2) is 19.6 Å². The molecular formula is C59H62N9O11P. The van der Waals surface area contributed by atoms with Crippen molar-refractivity contribution in [3.05, 3.63) is 183 Å². The van der Waals surface area contributed by atoms with Gasteiger partial charge in [0.05, 0.1) is 62.3 Å². The average molecular weight is 1100 g/mol. The lowest BCUT2D eigenvalue weighted by molar-refractivity contribution is -0.384. The quantitative estimate of drug-likeness (QED) is 0.0176. The highest BCUT2D eigenvalue weighted by molar-refractivity contribution is 7.44. The van der Waals surface area contributed by atoms with Crippen molar-refractivity contribution in [3.63, 3.8) is 0 Å². The molecule has 4 heterocycles. The zero-order valence-electron chi connectivity index (χ0n) is 45.8. The number of carbonyl (C=O) groups excluding carboxylic acids is 3. The number of ether oxygens (including phenoxy) is 4. The molecule has 2 aromatic heterocycles. The number of methoxy groups -OCH3 is 2. The van der Waals surface area contributed by atoms with Gasteiger partial charge in [0, 0.05) is 29.8 Å². The second-order valence-corrected chi connectivity index (χ2v) is 22.2. The molecular weight excluding hydrogens is 1040 g/mol. The van der Waals surface area contributed by atoms with Crippen LogP contribution in [-0.2, 0) is 29.5 Å². The molecule has 0 saturated carbocycles. The molecule has 2 aliphatic heterocycles. The lowest BCUT2D eigenvalue weighted by Crippen LogP contribution is -2.51. The van der Waals surface area contributed by atoms with Gasteiger partial charge in [-0.05, 0) is 97.8 Å². The van der Waals surface area contributed by atoms with Gasteiger partial charge in [0.15, 0.2) is 23.2 Å². The van der Waals surface area contributed by atoms with Crippen LogP contribution in [0.2, 0.25) is 0 Å². The molecule has 0 bridgehead atoms. The molecule has 1 fully saturated rings. The Labute approximate surface area is 464 Å². The van der Waals surface area contributed by atoms with Crippen molar-refractivity contribution >= 4 is 48.9 Å². The Kier molecular flexibility index (Phi) is 16.8. The Hall–Kier alpha value is -8.02. The van der Waals surface area contributed by atoms with Gasteiger partial charge in [-0.15, -0.1) is 0 Å². The fraction of sp³-hybridized carbons (Fsp3) is 0.339. The number of nitro benzene ring substituents is 1. The Morgan fingerprint density at radius 1 is 0.825 bits per heavy atom. The third-order valence-corrected chi connectivity index (χ3v) is 16.2. The molecule has 1 unspecified atom stereocenters. The van der Waals surface area contributed by atoms with Gasteiger partial charge < -0.3 is 33.3 Å². The van der Waals surface area contributed by atoms with Crippen LogP contribution in [0.25, 0.3) is 11.2 Å². The van der Waals surface area contributed by atoms with E-state index in [1.807, 2.05) is 123 Å². The van der Waals surface area contributed by atoms with Crippen molar-refractivity contribution < 1.29 is 47.3 Å². The molecule has 3 amide bonds. The third-order valence-electron chi connectivity index (χ3n) is 14.1. The van der Waals surface area contributed by atoms with E-state index in [0.29, 0.717) is 28.2 Å². The van der Waals surface area contributed by atoms with Crippen LogP contribution >= 0.6 is 8.53 Å². The number of rotatable bonds is 21. The number of nitrogens with zero attached hydrogens (tertiary/aromatic N) is 8. The van der Waals surface area contributed by atoms with Crippen molar-refractivity contribution in [1.29, 1.82) is 5.26 Å². The van der Waals surface area contributed by atoms with Crippen molar-refractivity contribution in [3.8, 4) is 17.6 Å². The lowest BCUT2D eigenvalue weighted by Gasteiger charge is -2.40. The maximum absolute atomic E-state index is 15.2. The van der Waals surface area contributed by atoms with Crippen molar-refractivity contribution in [2.24, 2.45) is 0 Å². The normalized spacial score (nSPS) is 17.8. The predicted octanol–water partition coefficient (Wildman–Crippen LogP) is 10.5. The number of amides is 3. The fourth-order valence-electron chi connectivity index (χ4n) is 10.2. The van der Waals surface area contributed by atoms with E-state index >= 15 is 9.59 Å². The van der Waals surface area contributed by atoms with Crippen LogP contribution in [0.15, 0.2) is 134 Å². The summed E-state index contributed by atoms with van der Waals surface area (Å²) in [5.41, 5.74) is 1.63. The number of nitro groups is 1. The Morgan fingerprint density at radius 3 is 2.00 bits per heavy atom. The van der Waals surface area contributed by atoms with Crippen LogP contribution in [0.5, 0.6) is 11.5 Å². The standard InChI is InChI=1S/C59H62N9O11P/c1-36(2)67(37(3)4)80(77-31-13-30-60)79-51-48(33-76-59(40-14-11-10-12-15-40,41-20-25-44(74-8)26-21-41)42-22-27-45(75-9)28-23-42)78-57(50(51)66-55(70)46-29-24-43(68(72)73)32-47(46)56(66)71)65-35-63-49-52(61-34-62-53(49)65)64-54(69)38-16-18-39(19-17-38)58(5,6)7/h10-12,14-29,32,34-37,48,50-51,57H,13,31,33H2,1-9H3,(H,61,62,64,69)/t48-,50-,51-,57-,80?/m1/s1. The van der Waals surface area contributed by atoms with E-state index in [0.717, 1.165) is 22.1 Å². The van der Waals surface area contributed by atoms with Gasteiger partial charge in [0.25, 0.3) is 31.9 Å². The number of imide groups is 1. The van der Waals surface area contributed by atoms with E-state index in [4.69, 9.17) is 33.0 Å². The molecule has 2 aliphatic rings. The van der Waals surface area contributed by atoms with Gasteiger partial charge >= 0.3 is 0 Å². The molecule has 0 aliphatic carbocycles. The highest BCUT2D eigenvalue weighted by atomic mass is 31.2. The number of non-ortho nitro benzene ring substituents is 1. The SMILES string of the molecule is COc1ccc(C(OC[C@H]2O[C@@H](n3cnc4c(NC(=O)c5ccc(C(C)(C)C)cc5)ncnc43)[C@H](N3C(=O)c4ccc([N+](=O)[O-])cc4C3=O)[C@@H]2OP(OCCC#N)N(C(C)C)C(C)C)(c2ccccc2)c2ccc(OC)cc2)cc1. The summed E-state index contributed by atoms with van der Waals surface area (Å²) in [6, 6.07) is 35.7. The summed E-state index contributed by atoms with van der Waals surface area (Å²) in [5.74, 6) is -0.795. The van der Waals surface area contributed by atoms with Crippen molar-refractivity contribution in [1.82, 2.24) is 29.1 Å². The van der Waals surface area contributed by atoms with Crippen molar-refractivity contribution in [2.75, 3.05) is 32.8 Å². The summed E-state index contributed by atoms with van der Waals surface area (Å²) in [5, 5.41) is 24.8. The molecule has 9 rings (SSSR count). The molecule has 1 saturated heterocycles. The summed E-state index contributed by atoms with van der Waals surface area (Å²) >= 11 is 0. The molecule has 21 heteroatoms. The summed E-state index contributed by atoms with van der Waals surface area (Å²) < 4.78 is 43.4. The van der Waals surface area contributed by atoms with E-state index in [1.165, 1.54) is 29.4 Å². The van der Waals surface area contributed by atoms with Crippen LogP contribution < -0.4 is 14.8 Å². The first-order valence-corrected chi connectivity index (χ1v) is 27.2. The van der Waals surface area contributed by atoms with E-state index in [2.05, 4.69) is 42.1 Å².